The van der Waals surface area contributed by atoms with Gasteiger partial charge < -0.3 is 33.9 Å². The second-order valence-corrected chi connectivity index (χ2v) is 10.6. The van der Waals surface area contributed by atoms with Crippen LogP contribution in [0.3, 0.4) is 0 Å². The Bertz CT molecular complexity index is 1200. The molecule has 0 heterocycles. The molecule has 10 nitrogen and oxygen atoms in total. The van der Waals surface area contributed by atoms with Crippen molar-refractivity contribution in [1.29, 1.82) is 0 Å². The summed E-state index contributed by atoms with van der Waals surface area (Å²) >= 11 is 0. The van der Waals surface area contributed by atoms with Crippen LogP contribution in [0.4, 0.5) is 4.79 Å². The summed E-state index contributed by atoms with van der Waals surface area (Å²) in [6.45, 7) is 12.5. The number of hydrogen-bond donors (Lipinski definition) is 1. The van der Waals surface area contributed by atoms with Gasteiger partial charge in [0.25, 0.3) is 0 Å². The number of amides is 2. The fourth-order valence-electron chi connectivity index (χ4n) is 5.40. The minimum atomic E-state index is -1.19. The summed E-state index contributed by atoms with van der Waals surface area (Å²) in [4.78, 5) is 41.0. The maximum atomic E-state index is 14.0. The highest BCUT2D eigenvalue weighted by Crippen LogP contribution is 2.38. The Morgan fingerprint density at radius 1 is 0.953 bits per heavy atom. The van der Waals surface area contributed by atoms with E-state index in [2.05, 4.69) is 5.32 Å². The summed E-state index contributed by atoms with van der Waals surface area (Å²) in [6, 6.07) is 12.4. The Balaban J connectivity index is 1.94. The molecule has 0 spiro atoms. The van der Waals surface area contributed by atoms with E-state index in [-0.39, 0.29) is 31.1 Å². The number of ketones is 1. The lowest BCUT2D eigenvalue weighted by Gasteiger charge is -2.46. The molecule has 2 aromatic carbocycles. The molecule has 0 aromatic heterocycles. The number of hydrogen-bond acceptors (Lipinski definition) is 8. The fraction of sp³-hybridized carbons (Fsp3) is 0.545. The van der Waals surface area contributed by atoms with Crippen LogP contribution in [-0.4, -0.2) is 74.4 Å². The van der Waals surface area contributed by atoms with Crippen molar-refractivity contribution >= 4 is 17.8 Å². The highest BCUT2D eigenvalue weighted by Gasteiger charge is 2.53. The van der Waals surface area contributed by atoms with Crippen LogP contribution in [0.1, 0.15) is 88.0 Å². The fourth-order valence-corrected chi connectivity index (χ4v) is 5.40. The van der Waals surface area contributed by atoms with E-state index in [1.54, 1.807) is 17.0 Å². The zero-order valence-corrected chi connectivity index (χ0v) is 26.4. The molecule has 1 saturated carbocycles. The zero-order chi connectivity index (χ0) is 31.6. The molecule has 236 valence electrons. The minimum Gasteiger partial charge on any atom is -0.493 e. The number of esters is 1. The Morgan fingerprint density at radius 3 is 2.07 bits per heavy atom. The third-order valence-electron chi connectivity index (χ3n) is 7.70. The molecule has 0 unspecified atom stereocenters. The number of nitrogens with one attached hydrogen (secondary N) is 1. The lowest BCUT2D eigenvalue weighted by atomic mass is 9.74. The van der Waals surface area contributed by atoms with E-state index < -0.39 is 23.6 Å². The van der Waals surface area contributed by atoms with Gasteiger partial charge in [-0.25, -0.2) is 9.59 Å². The van der Waals surface area contributed by atoms with E-state index in [1.165, 1.54) is 14.0 Å². The summed E-state index contributed by atoms with van der Waals surface area (Å²) in [5.41, 5.74) is 0.899. The van der Waals surface area contributed by atoms with Crippen molar-refractivity contribution in [2.24, 2.45) is 0 Å². The number of Topliss-reactive ketones (excluding diaryl/α,β-unsaturated/α-hetero) is 1. The van der Waals surface area contributed by atoms with E-state index >= 15 is 0 Å². The Hall–Kier alpha value is -3.63. The molecule has 1 aliphatic carbocycles. The summed E-state index contributed by atoms with van der Waals surface area (Å²) in [5.74, 6) is 0.0858. The van der Waals surface area contributed by atoms with E-state index in [9.17, 15) is 14.4 Å². The van der Waals surface area contributed by atoms with Gasteiger partial charge in [0, 0.05) is 26.0 Å². The van der Waals surface area contributed by atoms with Gasteiger partial charge in [-0.2, -0.15) is 0 Å². The Labute approximate surface area is 255 Å². The molecule has 0 saturated heterocycles. The number of nitrogens with zero attached hydrogens (tertiary/aromatic N) is 1. The predicted molar refractivity (Wildman–Crippen MR) is 163 cm³/mol. The highest BCUT2D eigenvalue weighted by molar-refractivity contribution is 6.00. The molecule has 1 fully saturated rings. The topological polar surface area (TPSA) is 113 Å². The quantitative estimate of drug-likeness (QED) is 0.195. The summed E-state index contributed by atoms with van der Waals surface area (Å²) in [6.07, 6.45) is 0.302. The van der Waals surface area contributed by atoms with Gasteiger partial charge in [0.1, 0.15) is 22.6 Å². The lowest BCUT2D eigenvalue weighted by molar-refractivity contribution is -0.160. The van der Waals surface area contributed by atoms with E-state index in [4.69, 9.17) is 23.7 Å². The largest absolute Gasteiger partial charge is 0.493 e. The summed E-state index contributed by atoms with van der Waals surface area (Å²) in [5, 5.41) is 2.96. The third-order valence-corrected chi connectivity index (χ3v) is 7.70. The number of urea groups is 1. The standard InChI is InChI=1S/C33H46N2O8/c1-8-40-27-20-33(21-27,31(37)39-7)34-32(38)35(16-17-43-24(6)25-14-12-11-13-15-25)22(4)26-18-28(41-9-2)30(23(5)36)29(19-26)42-10-3/h11-15,18-19,22,24,27H,8-10,16-17,20-21H2,1-7H3,(H,34,38)/t22-,24+,27?,33?/m1/s1. The van der Waals surface area contributed by atoms with Gasteiger partial charge in [0.15, 0.2) is 5.78 Å². The number of methoxy groups -OCH3 is 1. The molecule has 0 aliphatic heterocycles. The van der Waals surface area contributed by atoms with Crippen molar-refractivity contribution in [3.05, 3.63) is 59.2 Å². The molecule has 1 N–H and O–H groups in total. The number of carbonyl (C=O) groups excluding carboxylic acids is 3. The van der Waals surface area contributed by atoms with Gasteiger partial charge in [0.05, 0.1) is 45.2 Å². The zero-order valence-electron chi connectivity index (χ0n) is 26.4. The Kier molecular flexibility index (Phi) is 12.4. The van der Waals surface area contributed by atoms with Crippen LogP contribution in [0.15, 0.2) is 42.5 Å². The number of ether oxygens (including phenoxy) is 5. The Morgan fingerprint density at radius 2 is 1.56 bits per heavy atom. The van der Waals surface area contributed by atoms with Gasteiger partial charge in [-0.3, -0.25) is 4.79 Å². The van der Waals surface area contributed by atoms with Gasteiger partial charge in [-0.05, 0) is 64.8 Å². The predicted octanol–water partition coefficient (Wildman–Crippen LogP) is 5.65. The first-order valence-electron chi connectivity index (χ1n) is 15.0. The van der Waals surface area contributed by atoms with Crippen LogP contribution >= 0.6 is 0 Å². The van der Waals surface area contributed by atoms with Gasteiger partial charge in [-0.15, -0.1) is 0 Å². The maximum absolute atomic E-state index is 14.0. The molecule has 3 rings (SSSR count). The molecule has 2 amide bonds. The van der Waals surface area contributed by atoms with Crippen molar-refractivity contribution in [3.8, 4) is 11.5 Å². The molecule has 2 atom stereocenters. The molecule has 0 bridgehead atoms. The molecule has 2 aromatic rings. The second kappa shape index (κ2) is 15.7. The van der Waals surface area contributed by atoms with Gasteiger partial charge in [0.2, 0.25) is 0 Å². The second-order valence-electron chi connectivity index (χ2n) is 10.6. The first kappa shape index (κ1) is 33.9. The lowest BCUT2D eigenvalue weighted by Crippen LogP contribution is -2.67. The number of carbonyl (C=O) groups is 3. The van der Waals surface area contributed by atoms with Crippen LogP contribution in [0.5, 0.6) is 11.5 Å². The van der Waals surface area contributed by atoms with Crippen molar-refractivity contribution in [3.63, 3.8) is 0 Å². The molecule has 0 radical (unpaired) electrons. The van der Waals surface area contributed by atoms with Crippen molar-refractivity contribution in [2.45, 2.75) is 78.2 Å². The van der Waals surface area contributed by atoms with Gasteiger partial charge >= 0.3 is 12.0 Å². The molecular weight excluding hydrogens is 552 g/mol. The summed E-state index contributed by atoms with van der Waals surface area (Å²) in [7, 11) is 1.31. The van der Waals surface area contributed by atoms with E-state index in [0.29, 0.717) is 55.3 Å². The average Bonchev–Trinajstić information content (AvgIpc) is 2.97. The molecule has 10 heteroatoms. The van der Waals surface area contributed by atoms with Crippen LogP contribution in [0.25, 0.3) is 0 Å². The maximum Gasteiger partial charge on any atom is 0.331 e. The first-order valence-corrected chi connectivity index (χ1v) is 15.0. The van der Waals surface area contributed by atoms with Crippen LogP contribution < -0.4 is 14.8 Å². The van der Waals surface area contributed by atoms with E-state index in [0.717, 1.165) is 5.56 Å². The SMILES string of the molecule is CCOc1cc([C@@H](C)N(CCO[C@@H](C)c2ccccc2)C(=O)NC2(C(=O)OC)CC(OCC)C2)cc(OCC)c1C(C)=O. The van der Waals surface area contributed by atoms with Crippen LogP contribution in [-0.2, 0) is 19.0 Å². The average molecular weight is 599 g/mol. The highest BCUT2D eigenvalue weighted by atomic mass is 16.5. The first-order chi connectivity index (χ1) is 20.6. The van der Waals surface area contributed by atoms with Gasteiger partial charge in [-0.1, -0.05) is 30.3 Å². The van der Waals surface area contributed by atoms with Crippen molar-refractivity contribution in [1.82, 2.24) is 10.2 Å². The van der Waals surface area contributed by atoms with E-state index in [1.807, 2.05) is 65.0 Å². The van der Waals surface area contributed by atoms with Crippen molar-refractivity contribution < 1.29 is 38.1 Å². The minimum absolute atomic E-state index is 0.146. The molecule has 43 heavy (non-hydrogen) atoms. The molecular formula is C33H46N2O8. The smallest absolute Gasteiger partial charge is 0.331 e. The van der Waals surface area contributed by atoms with Crippen LogP contribution in [0.2, 0.25) is 0 Å². The summed E-state index contributed by atoms with van der Waals surface area (Å²) < 4.78 is 28.6. The molecule has 1 aliphatic rings. The normalized spacial score (nSPS) is 19.0. The van der Waals surface area contributed by atoms with Crippen LogP contribution in [0, 0.1) is 0 Å². The third kappa shape index (κ3) is 8.26. The number of benzene rings is 2. The van der Waals surface area contributed by atoms with Crippen molar-refractivity contribution in [2.75, 3.05) is 40.1 Å². The monoisotopic (exact) mass is 598 g/mol. The number of rotatable bonds is 16.